The van der Waals surface area contributed by atoms with Gasteiger partial charge in [0.2, 0.25) is 12.4 Å². The van der Waals surface area contributed by atoms with Gasteiger partial charge in [-0.05, 0) is 0 Å². The van der Waals surface area contributed by atoms with Gasteiger partial charge < -0.3 is 24.8 Å². The molecule has 0 fully saturated rings. The van der Waals surface area contributed by atoms with Crippen LogP contribution in [-0.4, -0.2) is 19.1 Å². The Morgan fingerprint density at radius 3 is 1.57 bits per heavy atom. The Balaban J connectivity index is 0. The highest BCUT2D eigenvalue weighted by Crippen LogP contribution is 1.07. The van der Waals surface area contributed by atoms with Crippen LogP contribution in [0, 0.1) is 0 Å². The minimum Gasteiger partial charge on any atom is -1.00 e. The van der Waals surface area contributed by atoms with Crippen LogP contribution in [0.2, 0.25) is 0 Å². The molecular weight excluding hydrogens is 135 g/mol. The van der Waals surface area contributed by atoms with Crippen LogP contribution >= 0.6 is 0 Å². The minimum absolute atomic E-state index is 0. The van der Waals surface area contributed by atoms with E-state index in [0.717, 1.165) is 6.67 Å². The van der Waals surface area contributed by atoms with Gasteiger partial charge >= 0.3 is 6.67 Å². The molecule has 2 N–H and O–H groups in total. The van der Waals surface area contributed by atoms with Gasteiger partial charge in [0.15, 0.2) is 0 Å². The number of rotatable bonds is 0. The molecule has 4 heteroatoms. The fraction of sp³-hybridized carbons (Fsp3) is 0.333. The van der Waals surface area contributed by atoms with E-state index < -0.39 is 0 Å². The summed E-state index contributed by atoms with van der Waals surface area (Å²) in [6.07, 6.45) is 3.75. The molecule has 0 radical (unpaired) electrons. The second-order valence-corrected chi connectivity index (χ2v) is 0.918. The summed E-state index contributed by atoms with van der Waals surface area (Å²) >= 11 is 0. The summed E-state index contributed by atoms with van der Waals surface area (Å²) in [5.41, 5.74) is 0. The highest BCUT2D eigenvalue weighted by atomic mass is 35.5. The molecule has 1 rings (SSSR count). The van der Waals surface area contributed by atoms with E-state index in [2.05, 4.69) is 9.98 Å². The first-order chi connectivity index (χ1) is 2.50. The van der Waals surface area contributed by atoms with Crippen molar-refractivity contribution in [3.63, 3.8) is 0 Å². The Kier molecular flexibility index (Phi) is 8.47. The second-order valence-electron chi connectivity index (χ2n) is 0.918. The van der Waals surface area contributed by atoms with Crippen LogP contribution in [0.15, 0.2) is 0 Å². The van der Waals surface area contributed by atoms with Crippen LogP contribution in [0.25, 0.3) is 0 Å². The molecule has 0 aromatic carbocycles. The van der Waals surface area contributed by atoms with E-state index >= 15 is 0 Å². The molecular formula is C3H6Cl2N2. The van der Waals surface area contributed by atoms with E-state index in [1.807, 2.05) is 12.4 Å². The molecule has 0 aromatic rings. The summed E-state index contributed by atoms with van der Waals surface area (Å²) in [5.74, 6) is 0. The maximum atomic E-state index is 2.93. The van der Waals surface area contributed by atoms with Gasteiger partial charge in [-0.3, -0.25) is 0 Å². The molecule has 42 valence electrons. The van der Waals surface area contributed by atoms with Crippen molar-refractivity contribution in [3.8, 4) is 0 Å². The maximum absolute atomic E-state index is 2.93. The largest absolute Gasteiger partial charge is 1.00 e. The summed E-state index contributed by atoms with van der Waals surface area (Å²) in [7, 11) is 0. The van der Waals surface area contributed by atoms with Gasteiger partial charge in [-0.2, -0.15) is 9.98 Å². The Bertz CT molecular complexity index is 69.0. The number of hydrogen-bond acceptors (Lipinski definition) is 0. The third-order valence-corrected chi connectivity index (χ3v) is 0.523. The summed E-state index contributed by atoms with van der Waals surface area (Å²) in [6, 6.07) is 0. The van der Waals surface area contributed by atoms with Gasteiger partial charge in [0.25, 0.3) is 0 Å². The molecule has 1 aliphatic rings. The summed E-state index contributed by atoms with van der Waals surface area (Å²) in [6.45, 7) is 0.889. The third kappa shape index (κ3) is 3.76. The lowest BCUT2D eigenvalue weighted by Crippen LogP contribution is -3.00. The monoisotopic (exact) mass is 140 g/mol. The van der Waals surface area contributed by atoms with E-state index in [0.29, 0.717) is 0 Å². The molecule has 0 amide bonds. The van der Waals surface area contributed by atoms with Gasteiger partial charge in [-0.25, -0.2) is 0 Å². The van der Waals surface area contributed by atoms with E-state index in [9.17, 15) is 0 Å². The van der Waals surface area contributed by atoms with Crippen LogP contribution in [0.5, 0.6) is 0 Å². The Morgan fingerprint density at radius 1 is 1.00 bits per heavy atom. The first kappa shape index (κ1) is 10.0. The van der Waals surface area contributed by atoms with Crippen LogP contribution < -0.4 is 34.8 Å². The van der Waals surface area contributed by atoms with Crippen molar-refractivity contribution in [2.75, 3.05) is 6.67 Å². The average Bonchev–Trinajstić information content (AvgIpc) is 1.76. The van der Waals surface area contributed by atoms with Gasteiger partial charge in [-0.15, -0.1) is 0 Å². The number of halogens is 2. The maximum Gasteiger partial charge on any atom is 0.331 e. The molecule has 2 nitrogen and oxygen atoms in total. The van der Waals surface area contributed by atoms with Gasteiger partial charge in [0.1, 0.15) is 0 Å². The fourth-order valence-electron chi connectivity index (χ4n) is 0.295. The standard InChI is InChI=1S/C3H4N2.2ClH/c1-2-5-3-4-1;;/h1-2H,3H2;2*1H. The van der Waals surface area contributed by atoms with Crippen LogP contribution in [0.1, 0.15) is 0 Å². The lowest BCUT2D eigenvalue weighted by molar-refractivity contribution is -0.660. The van der Waals surface area contributed by atoms with Crippen molar-refractivity contribution in [1.82, 2.24) is 0 Å². The molecule has 0 atom stereocenters. The molecule has 1 heterocycles. The lowest BCUT2D eigenvalue weighted by atomic mass is 10.9. The summed E-state index contributed by atoms with van der Waals surface area (Å²) in [5, 5.41) is 0. The molecule has 0 spiro atoms. The van der Waals surface area contributed by atoms with Crippen LogP contribution in [0.3, 0.4) is 0 Å². The van der Waals surface area contributed by atoms with Crippen molar-refractivity contribution in [3.05, 3.63) is 0 Å². The predicted octanol–water partition coefficient (Wildman–Crippen LogP) is -9.73. The Labute approximate surface area is 54.6 Å². The molecule has 0 bridgehead atoms. The number of hydrogen-bond donors (Lipinski definition) is 2. The van der Waals surface area contributed by atoms with Crippen molar-refractivity contribution in [2.45, 2.75) is 0 Å². The first-order valence-electron chi connectivity index (χ1n) is 1.62. The van der Waals surface area contributed by atoms with Crippen molar-refractivity contribution in [2.24, 2.45) is 0 Å². The SMILES string of the molecule is C1=[NH+]C[NH+]=C1.[Cl-].[Cl-]. The molecule has 7 heavy (non-hydrogen) atoms. The van der Waals surface area contributed by atoms with Crippen molar-refractivity contribution < 1.29 is 34.8 Å². The third-order valence-electron chi connectivity index (χ3n) is 0.523. The summed E-state index contributed by atoms with van der Waals surface area (Å²) in [4.78, 5) is 5.86. The normalized spacial score (nSPS) is 12.6. The van der Waals surface area contributed by atoms with E-state index in [1.54, 1.807) is 0 Å². The second kappa shape index (κ2) is 5.92. The van der Waals surface area contributed by atoms with Crippen molar-refractivity contribution >= 4 is 12.4 Å². The number of nitrogens with one attached hydrogen (secondary N) is 2. The van der Waals surface area contributed by atoms with E-state index in [-0.39, 0.29) is 24.8 Å². The fourth-order valence-corrected chi connectivity index (χ4v) is 0.295. The minimum atomic E-state index is 0. The van der Waals surface area contributed by atoms with Crippen molar-refractivity contribution in [1.29, 1.82) is 0 Å². The molecule has 0 aromatic heterocycles. The predicted molar refractivity (Wildman–Crippen MR) is 18.9 cm³/mol. The first-order valence-corrected chi connectivity index (χ1v) is 1.62. The molecule has 0 saturated heterocycles. The highest BCUT2D eigenvalue weighted by molar-refractivity contribution is 6.10. The quantitative estimate of drug-likeness (QED) is 0.335. The highest BCUT2D eigenvalue weighted by Gasteiger charge is 1.88. The van der Waals surface area contributed by atoms with Gasteiger partial charge in [-0.1, -0.05) is 0 Å². The zero-order valence-electron chi connectivity index (χ0n) is 3.62. The average molecular weight is 141 g/mol. The van der Waals surface area contributed by atoms with Gasteiger partial charge in [0.05, 0.1) is 0 Å². The molecule has 0 unspecified atom stereocenters. The Hall–Kier alpha value is -0.0800. The topological polar surface area (TPSA) is 27.9 Å². The van der Waals surface area contributed by atoms with E-state index in [4.69, 9.17) is 0 Å². The smallest absolute Gasteiger partial charge is 0.331 e. The van der Waals surface area contributed by atoms with Crippen LogP contribution in [-0.2, 0) is 0 Å². The summed E-state index contributed by atoms with van der Waals surface area (Å²) < 4.78 is 0. The zero-order chi connectivity index (χ0) is 3.54. The van der Waals surface area contributed by atoms with Gasteiger partial charge in [0, 0.05) is 0 Å². The van der Waals surface area contributed by atoms with E-state index in [1.165, 1.54) is 0 Å². The van der Waals surface area contributed by atoms with Crippen LogP contribution in [0.4, 0.5) is 0 Å². The molecule has 0 saturated carbocycles. The molecule has 0 aliphatic carbocycles. The molecule has 1 aliphatic heterocycles. The zero-order valence-corrected chi connectivity index (χ0v) is 5.13. The Morgan fingerprint density at radius 2 is 1.43 bits per heavy atom. The lowest BCUT2D eigenvalue weighted by Gasteiger charge is -1.48.